The number of nitrogens with zero attached hydrogens (tertiary/aromatic N) is 2. The molecule has 0 atom stereocenters. The second-order valence-corrected chi connectivity index (χ2v) is 5.15. The van der Waals surface area contributed by atoms with Crippen molar-refractivity contribution < 1.29 is 4.79 Å². The Morgan fingerprint density at radius 1 is 1.38 bits per heavy atom. The summed E-state index contributed by atoms with van der Waals surface area (Å²) in [4.78, 5) is 20.7. The molecule has 21 heavy (non-hydrogen) atoms. The zero-order valence-electron chi connectivity index (χ0n) is 12.0. The van der Waals surface area contributed by atoms with Crippen LogP contribution in [0.15, 0.2) is 30.5 Å². The van der Waals surface area contributed by atoms with Gasteiger partial charge < -0.3 is 10.6 Å². The Morgan fingerprint density at radius 2 is 2.29 bits per heavy atom. The first-order valence-corrected chi connectivity index (χ1v) is 7.12. The zero-order valence-corrected chi connectivity index (χ0v) is 12.0. The molecule has 2 N–H and O–H groups in total. The summed E-state index contributed by atoms with van der Waals surface area (Å²) >= 11 is 0. The molecular weight excluding hydrogens is 264 g/mol. The molecule has 0 saturated carbocycles. The van der Waals surface area contributed by atoms with Crippen molar-refractivity contribution in [1.82, 2.24) is 20.6 Å². The molecule has 0 unspecified atom stereocenters. The van der Waals surface area contributed by atoms with Crippen molar-refractivity contribution in [2.24, 2.45) is 0 Å². The van der Waals surface area contributed by atoms with Crippen LogP contribution in [0.5, 0.6) is 0 Å². The van der Waals surface area contributed by atoms with Crippen LogP contribution in [0.4, 0.5) is 0 Å². The third-order valence-electron chi connectivity index (χ3n) is 3.65. The van der Waals surface area contributed by atoms with Gasteiger partial charge in [0, 0.05) is 18.3 Å². The molecule has 3 rings (SSSR count). The molecule has 0 saturated heterocycles. The lowest BCUT2D eigenvalue weighted by Crippen LogP contribution is -2.29. The van der Waals surface area contributed by atoms with Crippen LogP contribution < -0.4 is 10.6 Å². The average molecular weight is 282 g/mol. The normalized spacial score (nSPS) is 13.6. The molecule has 0 bridgehead atoms. The minimum absolute atomic E-state index is 0.0370. The van der Waals surface area contributed by atoms with Gasteiger partial charge in [-0.2, -0.15) is 0 Å². The van der Waals surface area contributed by atoms with E-state index >= 15 is 0 Å². The number of hydrogen-bond donors (Lipinski definition) is 2. The van der Waals surface area contributed by atoms with Crippen LogP contribution in [0.1, 0.15) is 33.0 Å². The maximum absolute atomic E-state index is 12.4. The largest absolute Gasteiger partial charge is 0.346 e. The zero-order chi connectivity index (χ0) is 14.7. The van der Waals surface area contributed by atoms with E-state index in [4.69, 9.17) is 0 Å². The topological polar surface area (TPSA) is 66.9 Å². The summed E-state index contributed by atoms with van der Waals surface area (Å²) in [7, 11) is 0. The van der Waals surface area contributed by atoms with Crippen molar-refractivity contribution >= 4 is 5.91 Å². The van der Waals surface area contributed by atoms with Crippen LogP contribution in [0.3, 0.4) is 0 Å². The van der Waals surface area contributed by atoms with Gasteiger partial charge in [-0.15, -0.1) is 0 Å². The van der Waals surface area contributed by atoms with E-state index in [0.29, 0.717) is 12.4 Å². The Labute approximate surface area is 123 Å². The minimum atomic E-state index is -0.0370. The first-order chi connectivity index (χ1) is 10.2. The van der Waals surface area contributed by atoms with Crippen molar-refractivity contribution in [3.63, 3.8) is 0 Å². The molecule has 1 aliphatic heterocycles. The predicted octanol–water partition coefficient (Wildman–Crippen LogP) is 1.36. The standard InChI is InChI=1S/C16H18N4O/c1-11-18-8-5-13(20-11)10-19-16(21)15-4-2-3-12-9-17-7-6-14(12)15/h2-5,8,17H,6-7,9-10H2,1H3,(H,19,21). The molecule has 0 fully saturated rings. The number of benzene rings is 1. The molecule has 5 heteroatoms. The molecule has 1 aromatic carbocycles. The number of carbonyl (C=O) groups is 1. The van der Waals surface area contributed by atoms with E-state index < -0.39 is 0 Å². The van der Waals surface area contributed by atoms with E-state index in [1.54, 1.807) is 6.20 Å². The SMILES string of the molecule is Cc1nccc(CNC(=O)c2cccc3c2CCNC3)n1. The number of nitrogens with one attached hydrogen (secondary N) is 2. The highest BCUT2D eigenvalue weighted by Gasteiger charge is 2.16. The number of amides is 1. The van der Waals surface area contributed by atoms with Gasteiger partial charge in [0.2, 0.25) is 0 Å². The minimum Gasteiger partial charge on any atom is -0.346 e. The lowest BCUT2D eigenvalue weighted by molar-refractivity contribution is 0.0949. The Kier molecular flexibility index (Phi) is 3.92. The van der Waals surface area contributed by atoms with Gasteiger partial charge in [0.15, 0.2) is 0 Å². The number of aryl methyl sites for hydroxylation is 1. The monoisotopic (exact) mass is 282 g/mol. The molecular formula is C16H18N4O. The highest BCUT2D eigenvalue weighted by Crippen LogP contribution is 2.18. The first-order valence-electron chi connectivity index (χ1n) is 7.12. The summed E-state index contributed by atoms with van der Waals surface area (Å²) in [6.45, 7) is 4.01. The van der Waals surface area contributed by atoms with Gasteiger partial charge in [0.05, 0.1) is 12.2 Å². The van der Waals surface area contributed by atoms with E-state index in [0.717, 1.165) is 36.3 Å². The Hall–Kier alpha value is -2.27. The average Bonchev–Trinajstić information content (AvgIpc) is 2.52. The molecule has 1 aromatic heterocycles. The third-order valence-corrected chi connectivity index (χ3v) is 3.65. The number of hydrogen-bond acceptors (Lipinski definition) is 4. The molecule has 2 aromatic rings. The van der Waals surface area contributed by atoms with Gasteiger partial charge in [-0.1, -0.05) is 12.1 Å². The smallest absolute Gasteiger partial charge is 0.251 e. The lowest BCUT2D eigenvalue weighted by atomic mass is 9.95. The Morgan fingerprint density at radius 3 is 3.14 bits per heavy atom. The summed E-state index contributed by atoms with van der Waals surface area (Å²) < 4.78 is 0. The van der Waals surface area contributed by atoms with Crippen LogP contribution in [0.2, 0.25) is 0 Å². The quantitative estimate of drug-likeness (QED) is 0.892. The molecule has 108 valence electrons. The van der Waals surface area contributed by atoms with E-state index in [-0.39, 0.29) is 5.91 Å². The molecule has 1 aliphatic rings. The molecule has 1 amide bonds. The fourth-order valence-electron chi connectivity index (χ4n) is 2.61. The third kappa shape index (κ3) is 3.08. The molecule has 0 aliphatic carbocycles. The van der Waals surface area contributed by atoms with Crippen LogP contribution in [0.25, 0.3) is 0 Å². The number of rotatable bonds is 3. The van der Waals surface area contributed by atoms with Crippen molar-refractivity contribution in [3.05, 3.63) is 58.7 Å². The Balaban J connectivity index is 1.74. The van der Waals surface area contributed by atoms with Gasteiger partial charge >= 0.3 is 0 Å². The predicted molar refractivity (Wildman–Crippen MR) is 79.8 cm³/mol. The van der Waals surface area contributed by atoms with Gasteiger partial charge in [0.1, 0.15) is 5.82 Å². The van der Waals surface area contributed by atoms with Crippen LogP contribution >= 0.6 is 0 Å². The summed E-state index contributed by atoms with van der Waals surface area (Å²) in [5.74, 6) is 0.676. The van der Waals surface area contributed by atoms with Gasteiger partial charge in [0.25, 0.3) is 5.91 Å². The lowest BCUT2D eigenvalue weighted by Gasteiger charge is -2.19. The van der Waals surface area contributed by atoms with E-state index in [9.17, 15) is 4.79 Å². The van der Waals surface area contributed by atoms with Crippen molar-refractivity contribution in [1.29, 1.82) is 0 Å². The molecule has 0 spiro atoms. The van der Waals surface area contributed by atoms with E-state index in [2.05, 4.69) is 26.7 Å². The second-order valence-electron chi connectivity index (χ2n) is 5.15. The van der Waals surface area contributed by atoms with E-state index in [1.165, 1.54) is 5.56 Å². The fourth-order valence-corrected chi connectivity index (χ4v) is 2.61. The number of carbonyl (C=O) groups excluding carboxylic acids is 1. The molecule has 2 heterocycles. The first kappa shape index (κ1) is 13.7. The number of aromatic nitrogens is 2. The summed E-state index contributed by atoms with van der Waals surface area (Å²) in [5, 5.41) is 6.27. The van der Waals surface area contributed by atoms with Crippen molar-refractivity contribution in [2.75, 3.05) is 6.54 Å². The maximum Gasteiger partial charge on any atom is 0.251 e. The van der Waals surface area contributed by atoms with Crippen LogP contribution in [-0.4, -0.2) is 22.4 Å². The van der Waals surface area contributed by atoms with E-state index in [1.807, 2.05) is 25.1 Å². The molecule has 5 nitrogen and oxygen atoms in total. The Bertz CT molecular complexity index is 669. The summed E-state index contributed by atoms with van der Waals surface area (Å²) in [5.41, 5.74) is 3.97. The summed E-state index contributed by atoms with van der Waals surface area (Å²) in [6, 6.07) is 7.73. The number of fused-ring (bicyclic) bond motifs is 1. The van der Waals surface area contributed by atoms with Crippen molar-refractivity contribution in [3.8, 4) is 0 Å². The van der Waals surface area contributed by atoms with Gasteiger partial charge in [-0.05, 0) is 43.1 Å². The maximum atomic E-state index is 12.4. The highest BCUT2D eigenvalue weighted by atomic mass is 16.1. The highest BCUT2D eigenvalue weighted by molar-refractivity contribution is 5.96. The molecule has 0 radical (unpaired) electrons. The summed E-state index contributed by atoms with van der Waals surface area (Å²) in [6.07, 6.45) is 2.60. The van der Waals surface area contributed by atoms with Crippen molar-refractivity contribution in [2.45, 2.75) is 26.4 Å². The van der Waals surface area contributed by atoms with Crippen LogP contribution in [-0.2, 0) is 19.5 Å². The van der Waals surface area contributed by atoms with Crippen LogP contribution in [0, 0.1) is 6.92 Å². The second kappa shape index (κ2) is 6.01. The van der Waals surface area contributed by atoms with Gasteiger partial charge in [-0.3, -0.25) is 4.79 Å². The van der Waals surface area contributed by atoms with Gasteiger partial charge in [-0.25, -0.2) is 9.97 Å². The fraction of sp³-hybridized carbons (Fsp3) is 0.312.